The van der Waals surface area contributed by atoms with Crippen LogP contribution >= 0.6 is 22.6 Å². The van der Waals surface area contributed by atoms with Gasteiger partial charge in [-0.3, -0.25) is 9.36 Å². The molecule has 2 aromatic rings. The lowest BCUT2D eigenvalue weighted by Gasteiger charge is -2.18. The predicted molar refractivity (Wildman–Crippen MR) is 116 cm³/mol. The molecule has 3 rings (SSSR count). The molecule has 1 aliphatic heterocycles. The molecule has 156 valence electrons. The molecule has 0 spiro atoms. The lowest BCUT2D eigenvalue weighted by Crippen LogP contribution is -2.42. The lowest BCUT2D eigenvalue weighted by atomic mass is 10.3. The summed E-state index contributed by atoms with van der Waals surface area (Å²) in [7, 11) is 3.50. The molecule has 0 unspecified atom stereocenters. The van der Waals surface area contributed by atoms with Crippen LogP contribution in [0.25, 0.3) is 5.69 Å². The number of nitrogens with zero attached hydrogens (tertiary/aromatic N) is 4. The van der Waals surface area contributed by atoms with E-state index in [2.05, 4.69) is 4.99 Å². The highest BCUT2D eigenvalue weighted by molar-refractivity contribution is 14.1. The summed E-state index contributed by atoms with van der Waals surface area (Å²) in [6, 6.07) is 5.68. The van der Waals surface area contributed by atoms with Gasteiger partial charge >= 0.3 is 5.69 Å². The van der Waals surface area contributed by atoms with E-state index < -0.39 is 29.0 Å². The van der Waals surface area contributed by atoms with Gasteiger partial charge in [0, 0.05) is 23.7 Å². The highest BCUT2D eigenvalue weighted by atomic mass is 127. The van der Waals surface area contributed by atoms with Gasteiger partial charge in [0.05, 0.1) is 25.2 Å². The number of ether oxygens (including phenoxy) is 2. The van der Waals surface area contributed by atoms with Crippen molar-refractivity contribution >= 4 is 34.7 Å². The zero-order valence-electron chi connectivity index (χ0n) is 16.6. The molecular formula is C19H22FIN4O4. The highest BCUT2D eigenvalue weighted by Crippen LogP contribution is 2.23. The molecule has 0 radical (unpaired) electrons. The Labute approximate surface area is 180 Å². The fourth-order valence-corrected chi connectivity index (χ4v) is 3.40. The lowest BCUT2D eigenvalue weighted by molar-refractivity contribution is -0.139. The van der Waals surface area contributed by atoms with Crippen molar-refractivity contribution in [3.05, 3.63) is 54.5 Å². The van der Waals surface area contributed by atoms with Crippen molar-refractivity contribution in [2.45, 2.75) is 32.3 Å². The van der Waals surface area contributed by atoms with Gasteiger partial charge in [0.1, 0.15) is 17.7 Å². The molecule has 0 aliphatic carbocycles. The molecule has 8 nitrogen and oxygen atoms in total. The SMILES string of the molecule is CN(C)C=Nc1cc(=O)n(C[C@H]2COC(C)(C)O2)c(=O)n1-c1ccc(I)cc1F. The minimum atomic E-state index is -0.786. The van der Waals surface area contributed by atoms with Crippen LogP contribution in [-0.4, -0.2) is 53.0 Å². The first-order valence-corrected chi connectivity index (χ1v) is 10.00. The Morgan fingerprint density at radius 3 is 2.66 bits per heavy atom. The van der Waals surface area contributed by atoms with E-state index in [1.54, 1.807) is 38.9 Å². The third kappa shape index (κ3) is 4.93. The topological polar surface area (TPSA) is 78.1 Å². The Balaban J connectivity index is 2.15. The van der Waals surface area contributed by atoms with Gasteiger partial charge < -0.3 is 14.4 Å². The van der Waals surface area contributed by atoms with Gasteiger partial charge in [-0.2, -0.15) is 0 Å². The zero-order chi connectivity index (χ0) is 21.3. The van der Waals surface area contributed by atoms with E-state index in [0.717, 1.165) is 9.13 Å². The molecule has 1 aliphatic rings. The Kier molecular flexibility index (Phi) is 6.24. The number of aliphatic imine (C=N–C) groups is 1. The van der Waals surface area contributed by atoms with Crippen molar-refractivity contribution in [3.8, 4) is 5.69 Å². The van der Waals surface area contributed by atoms with E-state index in [4.69, 9.17) is 9.47 Å². The average Bonchev–Trinajstić information content (AvgIpc) is 2.96. The van der Waals surface area contributed by atoms with Gasteiger partial charge in [-0.15, -0.1) is 0 Å². The monoisotopic (exact) mass is 516 g/mol. The Bertz CT molecular complexity index is 1060. The van der Waals surface area contributed by atoms with Crippen LogP contribution in [0.2, 0.25) is 0 Å². The number of halogens is 2. The predicted octanol–water partition coefficient (Wildman–Crippen LogP) is 2.12. The molecule has 0 amide bonds. The van der Waals surface area contributed by atoms with E-state index >= 15 is 0 Å². The van der Waals surface area contributed by atoms with Crippen LogP contribution in [0.15, 0.2) is 38.8 Å². The van der Waals surface area contributed by atoms with Gasteiger partial charge in [-0.05, 0) is 54.6 Å². The van der Waals surface area contributed by atoms with E-state index in [0.29, 0.717) is 3.57 Å². The molecule has 29 heavy (non-hydrogen) atoms. The van der Waals surface area contributed by atoms with E-state index in [9.17, 15) is 14.0 Å². The molecule has 0 saturated carbocycles. The molecule has 1 fully saturated rings. The van der Waals surface area contributed by atoms with Gasteiger partial charge in [-0.1, -0.05) is 0 Å². The van der Waals surface area contributed by atoms with Crippen LogP contribution in [0.4, 0.5) is 10.2 Å². The minimum absolute atomic E-state index is 0.00917. The van der Waals surface area contributed by atoms with E-state index in [-0.39, 0.29) is 24.7 Å². The van der Waals surface area contributed by atoms with Crippen LogP contribution in [0.3, 0.4) is 0 Å². The van der Waals surface area contributed by atoms with Crippen molar-refractivity contribution in [2.75, 3.05) is 20.7 Å². The number of hydrogen-bond donors (Lipinski definition) is 0. The molecule has 1 aromatic heterocycles. The van der Waals surface area contributed by atoms with E-state index in [1.165, 1.54) is 24.5 Å². The fourth-order valence-electron chi connectivity index (χ4n) is 2.95. The first kappa shape index (κ1) is 21.7. The second-order valence-electron chi connectivity index (χ2n) is 7.32. The van der Waals surface area contributed by atoms with Gasteiger partial charge in [0.15, 0.2) is 5.79 Å². The van der Waals surface area contributed by atoms with Crippen molar-refractivity contribution in [1.29, 1.82) is 0 Å². The Morgan fingerprint density at radius 2 is 2.07 bits per heavy atom. The third-order valence-electron chi connectivity index (χ3n) is 4.19. The summed E-state index contributed by atoms with van der Waals surface area (Å²) in [5.41, 5.74) is -1.23. The van der Waals surface area contributed by atoms with Crippen molar-refractivity contribution in [2.24, 2.45) is 4.99 Å². The molecule has 0 N–H and O–H groups in total. The fraction of sp³-hybridized carbons (Fsp3) is 0.421. The first-order valence-electron chi connectivity index (χ1n) is 8.92. The van der Waals surface area contributed by atoms with Gasteiger partial charge in [0.2, 0.25) is 0 Å². The molecule has 1 saturated heterocycles. The second kappa shape index (κ2) is 8.36. The summed E-state index contributed by atoms with van der Waals surface area (Å²) in [6.45, 7) is 3.75. The van der Waals surface area contributed by atoms with E-state index in [1.807, 2.05) is 22.6 Å². The zero-order valence-corrected chi connectivity index (χ0v) is 18.7. The number of hydrogen-bond acceptors (Lipinski definition) is 5. The van der Waals surface area contributed by atoms with Crippen molar-refractivity contribution in [3.63, 3.8) is 0 Å². The second-order valence-corrected chi connectivity index (χ2v) is 8.57. The largest absolute Gasteiger partial charge is 0.369 e. The number of benzene rings is 1. The smallest absolute Gasteiger partial charge is 0.337 e. The molecule has 1 aromatic carbocycles. The summed E-state index contributed by atoms with van der Waals surface area (Å²) < 4.78 is 28.7. The van der Waals surface area contributed by atoms with Gasteiger partial charge in [0.25, 0.3) is 5.56 Å². The minimum Gasteiger partial charge on any atom is -0.369 e. The Morgan fingerprint density at radius 1 is 1.34 bits per heavy atom. The molecule has 1 atom stereocenters. The van der Waals surface area contributed by atoms with Crippen molar-refractivity contribution in [1.82, 2.24) is 14.0 Å². The van der Waals surface area contributed by atoms with Crippen LogP contribution < -0.4 is 11.2 Å². The third-order valence-corrected chi connectivity index (χ3v) is 4.87. The maximum absolute atomic E-state index is 14.7. The van der Waals surface area contributed by atoms with Gasteiger partial charge in [-0.25, -0.2) is 18.7 Å². The van der Waals surface area contributed by atoms with Crippen LogP contribution in [0, 0.1) is 9.39 Å². The molecular weight excluding hydrogens is 494 g/mol. The standard InChI is InChI=1S/C19H22FIN4O4/c1-19(2)28-10-13(29-19)9-24-17(26)8-16(22-11-23(3)4)25(18(24)27)15-6-5-12(21)7-14(15)20/h5-8,11,13H,9-10H2,1-4H3/t13-/m0/s1. The maximum atomic E-state index is 14.7. The quantitative estimate of drug-likeness (QED) is 0.346. The molecule has 2 heterocycles. The average molecular weight is 516 g/mol. The van der Waals surface area contributed by atoms with Crippen LogP contribution in [0.1, 0.15) is 13.8 Å². The summed E-state index contributed by atoms with van der Waals surface area (Å²) in [6.07, 6.45) is 0.970. The summed E-state index contributed by atoms with van der Waals surface area (Å²) in [5, 5.41) is 0. The molecule has 0 bridgehead atoms. The number of rotatable bonds is 5. The highest BCUT2D eigenvalue weighted by Gasteiger charge is 2.33. The van der Waals surface area contributed by atoms with Crippen LogP contribution in [-0.2, 0) is 16.0 Å². The summed E-state index contributed by atoms with van der Waals surface area (Å²) in [5.74, 6) is -1.34. The molecule has 10 heteroatoms. The normalized spacial score (nSPS) is 18.5. The maximum Gasteiger partial charge on any atom is 0.337 e. The summed E-state index contributed by atoms with van der Waals surface area (Å²) >= 11 is 1.98. The van der Waals surface area contributed by atoms with Crippen LogP contribution in [0.5, 0.6) is 0 Å². The summed E-state index contributed by atoms with van der Waals surface area (Å²) in [4.78, 5) is 31.7. The Hall–Kier alpha value is -2.05. The van der Waals surface area contributed by atoms with Crippen molar-refractivity contribution < 1.29 is 13.9 Å². The number of aromatic nitrogens is 2. The first-order chi connectivity index (χ1) is 13.6.